The van der Waals surface area contributed by atoms with Gasteiger partial charge in [-0.1, -0.05) is 6.07 Å². The molecule has 0 amide bonds. The van der Waals surface area contributed by atoms with Gasteiger partial charge in [0.1, 0.15) is 0 Å². The lowest BCUT2D eigenvalue weighted by molar-refractivity contribution is 0.0364. The van der Waals surface area contributed by atoms with Gasteiger partial charge in [-0.05, 0) is 37.1 Å². The maximum atomic E-state index is 13.2. The quantitative estimate of drug-likeness (QED) is 0.749. The van der Waals surface area contributed by atoms with Crippen LogP contribution in [0.15, 0.2) is 18.2 Å². The molecule has 0 spiro atoms. The molecule has 0 radical (unpaired) electrons. The van der Waals surface area contributed by atoms with Gasteiger partial charge in [0.15, 0.2) is 11.6 Å². The number of nitrogens with one attached hydrogen (secondary N) is 1. The fourth-order valence-corrected chi connectivity index (χ4v) is 2.78. The Morgan fingerprint density at radius 2 is 2.18 bits per heavy atom. The molecule has 0 aliphatic carbocycles. The lowest BCUT2D eigenvalue weighted by Gasteiger charge is -2.36. The lowest BCUT2D eigenvalue weighted by Crippen LogP contribution is -2.52. The molecule has 1 aliphatic rings. The Morgan fingerprint density at radius 3 is 2.86 bits per heavy atom. The van der Waals surface area contributed by atoms with Crippen molar-refractivity contribution >= 4 is 0 Å². The number of likely N-dealkylation sites (tertiary alicyclic amines) is 1. The highest BCUT2D eigenvalue weighted by Gasteiger charge is 2.27. The van der Waals surface area contributed by atoms with Crippen LogP contribution in [-0.2, 0) is 11.3 Å². The number of nitrogens with zero attached hydrogens (tertiary/aromatic N) is 1. The highest BCUT2D eigenvalue weighted by atomic mass is 19.2. The van der Waals surface area contributed by atoms with Crippen LogP contribution in [0.3, 0.4) is 0 Å². The first-order chi connectivity index (χ1) is 10.6. The third-order valence-electron chi connectivity index (χ3n) is 3.99. The maximum Gasteiger partial charge on any atom is 0.159 e. The Labute approximate surface area is 130 Å². The van der Waals surface area contributed by atoms with E-state index in [1.54, 1.807) is 13.2 Å². The van der Waals surface area contributed by atoms with E-state index in [0.29, 0.717) is 19.7 Å². The second kappa shape index (κ2) is 8.53. The van der Waals surface area contributed by atoms with E-state index in [1.165, 1.54) is 6.07 Å². The summed E-state index contributed by atoms with van der Waals surface area (Å²) in [6.45, 7) is 3.39. The predicted molar refractivity (Wildman–Crippen MR) is 80.5 cm³/mol. The topological polar surface area (TPSA) is 44.7 Å². The molecule has 0 bridgehead atoms. The molecule has 4 nitrogen and oxygen atoms in total. The predicted octanol–water partition coefficient (Wildman–Crippen LogP) is 1.53. The molecule has 1 fully saturated rings. The Morgan fingerprint density at radius 1 is 1.36 bits per heavy atom. The van der Waals surface area contributed by atoms with Gasteiger partial charge in [0.25, 0.3) is 0 Å². The van der Waals surface area contributed by atoms with Crippen LogP contribution in [0.5, 0.6) is 0 Å². The van der Waals surface area contributed by atoms with Gasteiger partial charge in [-0.15, -0.1) is 0 Å². The lowest BCUT2D eigenvalue weighted by atomic mass is 10.0. The Balaban J connectivity index is 1.78. The summed E-state index contributed by atoms with van der Waals surface area (Å²) in [6.07, 6.45) is 1.29. The largest absolute Gasteiger partial charge is 0.390 e. The molecule has 1 saturated heterocycles. The van der Waals surface area contributed by atoms with E-state index < -0.39 is 17.7 Å². The summed E-state index contributed by atoms with van der Waals surface area (Å²) >= 11 is 0. The van der Waals surface area contributed by atoms with Crippen LogP contribution in [0.25, 0.3) is 0 Å². The van der Waals surface area contributed by atoms with Crippen LogP contribution in [0.2, 0.25) is 0 Å². The summed E-state index contributed by atoms with van der Waals surface area (Å²) < 4.78 is 31.1. The molecule has 0 unspecified atom stereocenters. The van der Waals surface area contributed by atoms with Gasteiger partial charge in [0.05, 0.1) is 6.10 Å². The molecule has 2 N–H and O–H groups in total. The van der Waals surface area contributed by atoms with Crippen LogP contribution < -0.4 is 5.32 Å². The number of halogens is 2. The van der Waals surface area contributed by atoms with Crippen molar-refractivity contribution in [1.82, 2.24) is 10.2 Å². The van der Waals surface area contributed by atoms with Crippen LogP contribution >= 0.6 is 0 Å². The molecule has 124 valence electrons. The monoisotopic (exact) mass is 314 g/mol. The number of methoxy groups -OCH3 is 1. The summed E-state index contributed by atoms with van der Waals surface area (Å²) in [5.74, 6) is -1.66. The smallest absolute Gasteiger partial charge is 0.159 e. The van der Waals surface area contributed by atoms with Gasteiger partial charge in [-0.25, -0.2) is 8.78 Å². The highest BCUT2D eigenvalue weighted by Crippen LogP contribution is 2.16. The van der Waals surface area contributed by atoms with Crippen LogP contribution in [0.1, 0.15) is 18.4 Å². The summed E-state index contributed by atoms with van der Waals surface area (Å²) in [5, 5.41) is 13.5. The first kappa shape index (κ1) is 17.3. The third-order valence-corrected chi connectivity index (χ3v) is 3.99. The molecule has 1 heterocycles. The Kier molecular flexibility index (Phi) is 6.70. The number of aliphatic hydroxyl groups is 1. The van der Waals surface area contributed by atoms with Crippen molar-refractivity contribution in [2.24, 2.45) is 0 Å². The molecule has 22 heavy (non-hydrogen) atoms. The van der Waals surface area contributed by atoms with Crippen molar-refractivity contribution < 1.29 is 18.6 Å². The number of ether oxygens (including phenoxy) is 1. The number of piperidine rings is 1. The van der Waals surface area contributed by atoms with Crippen molar-refractivity contribution in [2.75, 3.05) is 33.4 Å². The van der Waals surface area contributed by atoms with Crippen molar-refractivity contribution in [3.05, 3.63) is 35.4 Å². The van der Waals surface area contributed by atoms with Crippen LogP contribution in [0, 0.1) is 11.6 Å². The zero-order valence-electron chi connectivity index (χ0n) is 12.9. The Hall–Kier alpha value is -1.08. The second-order valence-electron chi connectivity index (χ2n) is 5.75. The van der Waals surface area contributed by atoms with Crippen LogP contribution in [-0.4, -0.2) is 55.5 Å². The standard InChI is InChI=1S/C16H24F2N2O2/c1-22-8-2-6-19-15-5-7-20(11-16(15)21)10-12-3-4-13(17)14(18)9-12/h3-4,9,15-16,19,21H,2,5-8,10-11H2,1H3/t15-,16-/m1/s1. The summed E-state index contributed by atoms with van der Waals surface area (Å²) in [4.78, 5) is 2.06. The minimum atomic E-state index is -0.831. The van der Waals surface area contributed by atoms with Crippen molar-refractivity contribution in [3.63, 3.8) is 0 Å². The fourth-order valence-electron chi connectivity index (χ4n) is 2.78. The molecule has 2 atom stereocenters. The molecule has 2 rings (SSSR count). The van der Waals surface area contributed by atoms with E-state index in [1.807, 2.05) is 0 Å². The first-order valence-electron chi connectivity index (χ1n) is 7.67. The third kappa shape index (κ3) is 4.98. The van der Waals surface area contributed by atoms with E-state index in [4.69, 9.17) is 4.74 Å². The number of aliphatic hydroxyl groups excluding tert-OH is 1. The average Bonchev–Trinajstić information content (AvgIpc) is 2.49. The zero-order valence-corrected chi connectivity index (χ0v) is 12.9. The van der Waals surface area contributed by atoms with Gasteiger partial charge in [0.2, 0.25) is 0 Å². The molecule has 1 aromatic rings. The van der Waals surface area contributed by atoms with Gasteiger partial charge >= 0.3 is 0 Å². The molecule has 1 aromatic carbocycles. The Bertz CT molecular complexity index is 473. The van der Waals surface area contributed by atoms with Crippen molar-refractivity contribution in [1.29, 1.82) is 0 Å². The van der Waals surface area contributed by atoms with Gasteiger partial charge in [-0.2, -0.15) is 0 Å². The minimum absolute atomic E-state index is 0.0815. The summed E-state index contributed by atoms with van der Waals surface area (Å²) in [5.41, 5.74) is 0.720. The summed E-state index contributed by atoms with van der Waals surface area (Å²) in [7, 11) is 1.67. The number of benzene rings is 1. The minimum Gasteiger partial charge on any atom is -0.390 e. The average molecular weight is 314 g/mol. The van der Waals surface area contributed by atoms with Crippen LogP contribution in [0.4, 0.5) is 8.78 Å². The van der Waals surface area contributed by atoms with E-state index in [-0.39, 0.29) is 6.04 Å². The first-order valence-corrected chi connectivity index (χ1v) is 7.67. The summed E-state index contributed by atoms with van der Waals surface area (Å²) in [6, 6.07) is 4.03. The number of hydrogen-bond acceptors (Lipinski definition) is 4. The molecule has 6 heteroatoms. The molecule has 0 saturated carbocycles. The maximum absolute atomic E-state index is 13.2. The molecule has 1 aliphatic heterocycles. The van der Waals surface area contributed by atoms with E-state index in [2.05, 4.69) is 10.2 Å². The molecule has 0 aromatic heterocycles. The fraction of sp³-hybridized carbons (Fsp3) is 0.625. The van der Waals surface area contributed by atoms with Gasteiger partial charge in [0, 0.05) is 39.4 Å². The highest BCUT2D eigenvalue weighted by molar-refractivity contribution is 5.17. The zero-order chi connectivity index (χ0) is 15.9. The number of hydrogen-bond donors (Lipinski definition) is 2. The molecular weight excluding hydrogens is 290 g/mol. The molecular formula is C16H24F2N2O2. The van der Waals surface area contributed by atoms with E-state index >= 15 is 0 Å². The second-order valence-corrected chi connectivity index (χ2v) is 5.75. The van der Waals surface area contributed by atoms with Crippen molar-refractivity contribution in [2.45, 2.75) is 31.5 Å². The van der Waals surface area contributed by atoms with Gasteiger partial charge < -0.3 is 15.2 Å². The van der Waals surface area contributed by atoms with Gasteiger partial charge in [-0.3, -0.25) is 4.90 Å². The number of β-amino-alcohol motifs (C(OH)–C–C–N with tert-alkyl or cyclic N) is 1. The normalized spacial score (nSPS) is 22.9. The van der Waals surface area contributed by atoms with E-state index in [0.717, 1.165) is 37.6 Å². The SMILES string of the molecule is COCCCN[C@@H]1CCN(Cc2ccc(F)c(F)c2)C[C@H]1O. The number of rotatable bonds is 7. The van der Waals surface area contributed by atoms with E-state index in [9.17, 15) is 13.9 Å². The van der Waals surface area contributed by atoms with Crippen molar-refractivity contribution in [3.8, 4) is 0 Å².